The molecule has 0 spiro atoms. The Morgan fingerprint density at radius 1 is 1.11 bits per heavy atom. The molecule has 240 valence electrons. The molecule has 45 heavy (non-hydrogen) atoms. The molecule has 1 atom stereocenters. The van der Waals surface area contributed by atoms with E-state index in [9.17, 15) is 41.0 Å². The molecule has 1 unspecified atom stereocenters. The molecular weight excluding hydrogens is 615 g/mol. The van der Waals surface area contributed by atoms with Crippen LogP contribution in [-0.2, 0) is 18.9 Å². The van der Waals surface area contributed by atoms with Crippen LogP contribution in [0.4, 0.5) is 42.2 Å². The SMILES string of the molecule is CC(CCCn1ccc2cc(-c3ncc(C(F)(F)F)c(N4CC(C)(O)C4)n3)c(F)cc2c1=O)Nc1cn[nH]c(=O)c1C(F)(F)F. The molecule has 10 nitrogen and oxygen atoms in total. The number of aryl methyl sites for hydroxylation is 1. The smallest absolute Gasteiger partial charge is 0.386 e. The molecule has 1 saturated heterocycles. The maximum Gasteiger partial charge on any atom is 0.423 e. The van der Waals surface area contributed by atoms with E-state index < -0.39 is 63.6 Å². The molecule has 17 heteroatoms. The number of pyridine rings is 1. The topological polar surface area (TPSA) is 129 Å². The quantitative estimate of drug-likeness (QED) is 0.239. The molecule has 5 rings (SSSR count). The van der Waals surface area contributed by atoms with E-state index in [1.54, 1.807) is 12.0 Å². The predicted octanol–water partition coefficient (Wildman–Crippen LogP) is 4.57. The normalized spacial score (nSPS) is 15.6. The van der Waals surface area contributed by atoms with Gasteiger partial charge in [0.25, 0.3) is 11.1 Å². The second-order valence-corrected chi connectivity index (χ2v) is 11.2. The number of rotatable bonds is 8. The number of benzene rings is 1. The van der Waals surface area contributed by atoms with Gasteiger partial charge in [-0.1, -0.05) is 0 Å². The average molecular weight is 642 g/mol. The minimum Gasteiger partial charge on any atom is -0.386 e. The van der Waals surface area contributed by atoms with Gasteiger partial charge in [-0.25, -0.2) is 19.5 Å². The van der Waals surface area contributed by atoms with E-state index in [-0.39, 0.29) is 41.8 Å². The van der Waals surface area contributed by atoms with Crippen molar-refractivity contribution < 1.29 is 35.8 Å². The Kier molecular flexibility index (Phi) is 8.10. The molecule has 4 heterocycles. The van der Waals surface area contributed by atoms with Crippen LogP contribution < -0.4 is 21.3 Å². The van der Waals surface area contributed by atoms with Gasteiger partial charge in [0.2, 0.25) is 0 Å². The molecule has 3 aromatic heterocycles. The lowest BCUT2D eigenvalue weighted by Crippen LogP contribution is -2.60. The summed E-state index contributed by atoms with van der Waals surface area (Å²) in [4.78, 5) is 33.7. The monoisotopic (exact) mass is 641 g/mol. The Hall–Kier alpha value is -4.54. The number of anilines is 2. The van der Waals surface area contributed by atoms with E-state index in [0.29, 0.717) is 19.0 Å². The van der Waals surface area contributed by atoms with Gasteiger partial charge in [0.05, 0.1) is 28.4 Å². The van der Waals surface area contributed by atoms with Crippen molar-refractivity contribution in [3.63, 3.8) is 0 Å². The zero-order valence-corrected chi connectivity index (χ0v) is 23.7. The van der Waals surface area contributed by atoms with E-state index in [0.717, 1.165) is 12.3 Å². The molecule has 0 aliphatic carbocycles. The molecule has 1 aliphatic heterocycles. The van der Waals surface area contributed by atoms with Gasteiger partial charge in [0.15, 0.2) is 5.82 Å². The predicted molar refractivity (Wildman–Crippen MR) is 149 cm³/mol. The molecule has 0 saturated carbocycles. The number of hydrogen-bond acceptors (Lipinski definition) is 8. The zero-order chi connectivity index (χ0) is 32.9. The lowest BCUT2D eigenvalue weighted by Gasteiger charge is -2.45. The van der Waals surface area contributed by atoms with Crippen LogP contribution in [0.3, 0.4) is 0 Å². The van der Waals surface area contributed by atoms with Crippen LogP contribution in [0.5, 0.6) is 0 Å². The van der Waals surface area contributed by atoms with Crippen molar-refractivity contribution in [1.82, 2.24) is 24.7 Å². The number of aliphatic hydroxyl groups is 1. The second kappa shape index (κ2) is 11.4. The Labute approximate surface area is 249 Å². The molecule has 1 fully saturated rings. The number of aromatic amines is 1. The number of alkyl halides is 6. The van der Waals surface area contributed by atoms with E-state index in [2.05, 4.69) is 20.4 Å². The minimum atomic E-state index is -4.90. The summed E-state index contributed by atoms with van der Waals surface area (Å²) in [5.41, 5.74) is -6.38. The van der Waals surface area contributed by atoms with Crippen LogP contribution in [-0.4, -0.2) is 54.6 Å². The van der Waals surface area contributed by atoms with Crippen LogP contribution in [0.1, 0.15) is 37.8 Å². The second-order valence-electron chi connectivity index (χ2n) is 11.2. The average Bonchev–Trinajstić information content (AvgIpc) is 2.91. The molecule has 4 aromatic rings. The van der Waals surface area contributed by atoms with Crippen molar-refractivity contribution in [3.05, 3.63) is 74.4 Å². The van der Waals surface area contributed by atoms with Crippen molar-refractivity contribution in [2.45, 2.75) is 57.2 Å². The Morgan fingerprint density at radius 2 is 1.82 bits per heavy atom. The lowest BCUT2D eigenvalue weighted by atomic mass is 9.96. The van der Waals surface area contributed by atoms with Crippen molar-refractivity contribution in [2.24, 2.45) is 0 Å². The first kappa shape index (κ1) is 31.9. The largest absolute Gasteiger partial charge is 0.423 e. The number of H-pyrrole nitrogens is 1. The fraction of sp³-hybridized carbons (Fsp3) is 0.393. The van der Waals surface area contributed by atoms with Gasteiger partial charge >= 0.3 is 12.4 Å². The number of aromatic nitrogens is 5. The van der Waals surface area contributed by atoms with Gasteiger partial charge in [-0.2, -0.15) is 31.4 Å². The van der Waals surface area contributed by atoms with Crippen LogP contribution in [0.2, 0.25) is 0 Å². The highest BCUT2D eigenvalue weighted by molar-refractivity contribution is 5.86. The summed E-state index contributed by atoms with van der Waals surface area (Å²) >= 11 is 0. The van der Waals surface area contributed by atoms with E-state index in [1.165, 1.54) is 34.7 Å². The summed E-state index contributed by atoms with van der Waals surface area (Å²) in [7, 11) is 0. The lowest BCUT2D eigenvalue weighted by molar-refractivity contribution is -0.138. The molecular formula is C28H26F7N7O3. The first-order valence-corrected chi connectivity index (χ1v) is 13.6. The molecule has 0 bridgehead atoms. The summed E-state index contributed by atoms with van der Waals surface area (Å²) in [5, 5.41) is 18.1. The minimum absolute atomic E-state index is 0.0137. The third-order valence-electron chi connectivity index (χ3n) is 7.32. The molecule has 0 amide bonds. The molecule has 0 radical (unpaired) electrons. The number of halogens is 7. The zero-order valence-electron chi connectivity index (χ0n) is 23.7. The third-order valence-corrected chi connectivity index (χ3v) is 7.32. The van der Waals surface area contributed by atoms with Crippen LogP contribution >= 0.6 is 0 Å². The van der Waals surface area contributed by atoms with Gasteiger partial charge in [0, 0.05) is 38.1 Å². The van der Waals surface area contributed by atoms with Gasteiger partial charge < -0.3 is 19.9 Å². The van der Waals surface area contributed by atoms with E-state index >= 15 is 4.39 Å². The van der Waals surface area contributed by atoms with Crippen LogP contribution in [0, 0.1) is 5.82 Å². The molecule has 1 aliphatic rings. The number of nitrogens with zero attached hydrogens (tertiary/aromatic N) is 5. The number of hydrogen-bond donors (Lipinski definition) is 3. The molecule has 3 N–H and O–H groups in total. The van der Waals surface area contributed by atoms with E-state index in [1.807, 2.05) is 0 Å². The standard InChI is InChI=1S/C28H26F7N7O3/c1-14(38-20-11-37-40-24(43)21(20)28(33,34)35)4-3-6-41-7-5-15-8-17(19(29)9-16(15)25(41)44)22-36-10-18(27(30,31)32)23(39-22)42-12-26(2,45)13-42/h5,7-11,14,45H,3-4,6,12-13H2,1-2H3,(H2,38,40,43). The molecule has 1 aromatic carbocycles. The van der Waals surface area contributed by atoms with Gasteiger partial charge in [0.1, 0.15) is 22.8 Å². The Balaban J connectivity index is 1.34. The first-order valence-electron chi connectivity index (χ1n) is 13.6. The number of β-amino-alcohol motifs (C(OH)–C–C–N with tert-alkyl or cyclic N) is 1. The fourth-order valence-corrected chi connectivity index (χ4v) is 5.22. The Bertz CT molecular complexity index is 1860. The highest BCUT2D eigenvalue weighted by Crippen LogP contribution is 2.39. The van der Waals surface area contributed by atoms with Crippen molar-refractivity contribution in [1.29, 1.82) is 0 Å². The van der Waals surface area contributed by atoms with Gasteiger partial charge in [-0.3, -0.25) is 9.59 Å². The highest BCUT2D eigenvalue weighted by atomic mass is 19.4. The van der Waals surface area contributed by atoms with E-state index in [4.69, 9.17) is 0 Å². The van der Waals surface area contributed by atoms with Crippen LogP contribution in [0.25, 0.3) is 22.2 Å². The summed E-state index contributed by atoms with van der Waals surface area (Å²) < 4.78 is 97.4. The maximum absolute atomic E-state index is 15.3. The number of fused-ring (bicyclic) bond motifs is 1. The first-order chi connectivity index (χ1) is 20.9. The third kappa shape index (κ3) is 6.62. The Morgan fingerprint density at radius 3 is 2.47 bits per heavy atom. The van der Waals surface area contributed by atoms with Gasteiger partial charge in [-0.05, 0) is 50.3 Å². The van der Waals surface area contributed by atoms with Crippen molar-refractivity contribution >= 4 is 22.3 Å². The summed E-state index contributed by atoms with van der Waals surface area (Å²) in [5.74, 6) is -1.77. The maximum atomic E-state index is 15.3. The fourth-order valence-electron chi connectivity index (χ4n) is 5.22. The summed E-state index contributed by atoms with van der Waals surface area (Å²) in [6, 6.07) is 3.18. The van der Waals surface area contributed by atoms with Crippen molar-refractivity contribution in [2.75, 3.05) is 23.3 Å². The summed E-state index contributed by atoms with van der Waals surface area (Å²) in [6.07, 6.45) is -6.22. The van der Waals surface area contributed by atoms with Crippen molar-refractivity contribution in [3.8, 4) is 11.4 Å². The number of nitrogens with one attached hydrogen (secondary N) is 2. The highest BCUT2D eigenvalue weighted by Gasteiger charge is 2.43. The summed E-state index contributed by atoms with van der Waals surface area (Å²) in [6.45, 7) is 2.97. The van der Waals surface area contributed by atoms with Crippen LogP contribution in [0.15, 0.2) is 46.4 Å². The van der Waals surface area contributed by atoms with Gasteiger partial charge in [-0.15, -0.1) is 0 Å².